The molecule has 0 aliphatic carbocycles. The summed E-state index contributed by atoms with van der Waals surface area (Å²) in [5.74, 6) is 0. The van der Waals surface area contributed by atoms with E-state index in [-0.39, 0.29) is 10.6 Å². The molecule has 0 aliphatic heterocycles. The molecule has 0 spiro atoms. The Balaban J connectivity index is 2.67. The van der Waals surface area contributed by atoms with Crippen molar-refractivity contribution in [1.29, 1.82) is 0 Å². The van der Waals surface area contributed by atoms with E-state index < -0.39 is 0 Å². The van der Waals surface area contributed by atoms with Gasteiger partial charge in [0.2, 0.25) is 0 Å². The SMILES string of the molecule is CCCCCn1sc(Cl)c(Cl)c1=O. The third kappa shape index (κ3) is 2.73. The normalized spacial score (nSPS) is 10.7. The van der Waals surface area contributed by atoms with Gasteiger partial charge in [-0.3, -0.25) is 8.75 Å². The third-order valence-electron chi connectivity index (χ3n) is 1.74. The molecule has 0 fully saturated rings. The number of unbranched alkanes of at least 4 members (excludes halogenated alkanes) is 2. The standard InChI is InChI=1S/C8H11Cl2NOS/c1-2-3-4-5-11-8(12)6(9)7(10)13-11/h2-5H2,1H3. The zero-order chi connectivity index (χ0) is 9.84. The van der Waals surface area contributed by atoms with Gasteiger partial charge in [0.05, 0.1) is 0 Å². The van der Waals surface area contributed by atoms with Crippen molar-refractivity contribution in [2.45, 2.75) is 32.7 Å². The molecule has 0 radical (unpaired) electrons. The summed E-state index contributed by atoms with van der Waals surface area (Å²) in [6.45, 7) is 2.85. The summed E-state index contributed by atoms with van der Waals surface area (Å²) in [5, 5.41) is 0.156. The van der Waals surface area contributed by atoms with Crippen molar-refractivity contribution < 1.29 is 0 Å². The van der Waals surface area contributed by atoms with E-state index in [2.05, 4.69) is 6.92 Å². The van der Waals surface area contributed by atoms with E-state index in [0.29, 0.717) is 4.34 Å². The predicted molar refractivity (Wildman–Crippen MR) is 58.1 cm³/mol. The summed E-state index contributed by atoms with van der Waals surface area (Å²) >= 11 is 12.6. The van der Waals surface area contributed by atoms with Gasteiger partial charge in [0.25, 0.3) is 5.56 Å². The van der Waals surface area contributed by atoms with Crippen molar-refractivity contribution in [2.75, 3.05) is 0 Å². The molecule has 0 aromatic carbocycles. The quantitative estimate of drug-likeness (QED) is 0.739. The molecule has 0 aliphatic rings. The van der Waals surface area contributed by atoms with Crippen molar-refractivity contribution in [3.05, 3.63) is 19.7 Å². The Bertz CT molecular complexity index is 331. The summed E-state index contributed by atoms with van der Waals surface area (Å²) < 4.78 is 2.00. The van der Waals surface area contributed by atoms with Gasteiger partial charge in [0, 0.05) is 6.54 Å². The molecular weight excluding hydrogens is 229 g/mol. The number of aryl methyl sites for hydroxylation is 1. The van der Waals surface area contributed by atoms with Crippen LogP contribution >= 0.6 is 34.7 Å². The molecule has 0 unspecified atom stereocenters. The Morgan fingerprint density at radius 3 is 2.54 bits per heavy atom. The molecule has 1 rings (SSSR count). The van der Waals surface area contributed by atoms with Crippen LogP contribution in [0.4, 0.5) is 0 Å². The Hall–Kier alpha value is 0.01000. The fourth-order valence-electron chi connectivity index (χ4n) is 1.02. The van der Waals surface area contributed by atoms with Crippen LogP contribution in [-0.4, -0.2) is 3.96 Å². The molecule has 0 N–H and O–H groups in total. The second-order valence-electron chi connectivity index (χ2n) is 2.79. The molecule has 1 heterocycles. The van der Waals surface area contributed by atoms with Crippen LogP contribution in [0.15, 0.2) is 4.79 Å². The van der Waals surface area contributed by atoms with Crippen LogP contribution in [0.2, 0.25) is 9.36 Å². The molecular formula is C8H11Cl2NOS. The van der Waals surface area contributed by atoms with Crippen LogP contribution in [0.25, 0.3) is 0 Å². The van der Waals surface area contributed by atoms with Crippen molar-refractivity contribution >= 4 is 34.7 Å². The minimum atomic E-state index is -0.159. The van der Waals surface area contributed by atoms with Crippen LogP contribution < -0.4 is 5.56 Å². The molecule has 2 nitrogen and oxygen atoms in total. The number of hydrogen-bond donors (Lipinski definition) is 0. The van der Waals surface area contributed by atoms with E-state index in [1.807, 2.05) is 0 Å². The van der Waals surface area contributed by atoms with E-state index >= 15 is 0 Å². The van der Waals surface area contributed by atoms with Crippen molar-refractivity contribution in [3.63, 3.8) is 0 Å². The van der Waals surface area contributed by atoms with Gasteiger partial charge >= 0.3 is 0 Å². The predicted octanol–water partition coefficient (Wildman–Crippen LogP) is 3.41. The fourth-order valence-corrected chi connectivity index (χ4v) is 2.37. The first kappa shape index (κ1) is 11.1. The highest BCUT2D eigenvalue weighted by molar-refractivity contribution is 7.11. The monoisotopic (exact) mass is 239 g/mol. The number of aromatic nitrogens is 1. The number of rotatable bonds is 4. The highest BCUT2D eigenvalue weighted by Crippen LogP contribution is 2.23. The molecule has 0 bridgehead atoms. The van der Waals surface area contributed by atoms with Crippen LogP contribution in [-0.2, 0) is 6.54 Å². The Morgan fingerprint density at radius 2 is 2.08 bits per heavy atom. The second kappa shape index (κ2) is 5.03. The average Bonchev–Trinajstić information content (AvgIpc) is 2.34. The van der Waals surface area contributed by atoms with Gasteiger partial charge in [-0.05, 0) is 18.0 Å². The largest absolute Gasteiger partial charge is 0.280 e. The summed E-state index contributed by atoms with van der Waals surface area (Å²) in [7, 11) is 0. The maximum absolute atomic E-state index is 11.3. The minimum absolute atomic E-state index is 0.156. The molecule has 0 atom stereocenters. The first-order valence-electron chi connectivity index (χ1n) is 4.22. The molecule has 74 valence electrons. The molecule has 1 aromatic rings. The maximum atomic E-state index is 11.3. The lowest BCUT2D eigenvalue weighted by molar-refractivity contribution is 0.623. The van der Waals surface area contributed by atoms with E-state index in [1.54, 1.807) is 3.96 Å². The highest BCUT2D eigenvalue weighted by Gasteiger charge is 2.09. The summed E-state index contributed by atoms with van der Waals surface area (Å²) in [6, 6.07) is 0. The Labute approximate surface area is 91.2 Å². The molecule has 0 saturated carbocycles. The Kier molecular flexibility index (Phi) is 4.29. The lowest BCUT2D eigenvalue weighted by Crippen LogP contribution is -2.13. The fraction of sp³-hybridized carbons (Fsp3) is 0.625. The molecule has 0 saturated heterocycles. The number of halogens is 2. The van der Waals surface area contributed by atoms with E-state index in [4.69, 9.17) is 23.2 Å². The lowest BCUT2D eigenvalue weighted by atomic mass is 10.2. The van der Waals surface area contributed by atoms with Crippen molar-refractivity contribution in [3.8, 4) is 0 Å². The third-order valence-corrected chi connectivity index (χ3v) is 3.63. The molecule has 13 heavy (non-hydrogen) atoms. The molecule has 0 amide bonds. The summed E-state index contributed by atoms with van der Waals surface area (Å²) in [4.78, 5) is 11.3. The van der Waals surface area contributed by atoms with E-state index in [0.717, 1.165) is 25.8 Å². The van der Waals surface area contributed by atoms with Gasteiger partial charge in [-0.1, -0.05) is 43.0 Å². The van der Waals surface area contributed by atoms with Crippen LogP contribution in [0, 0.1) is 0 Å². The first-order chi connectivity index (χ1) is 6.16. The van der Waals surface area contributed by atoms with Gasteiger partial charge < -0.3 is 0 Å². The highest BCUT2D eigenvalue weighted by atomic mass is 35.5. The van der Waals surface area contributed by atoms with E-state index in [9.17, 15) is 4.79 Å². The Morgan fingerprint density at radius 1 is 1.38 bits per heavy atom. The van der Waals surface area contributed by atoms with Crippen LogP contribution in [0.3, 0.4) is 0 Å². The first-order valence-corrected chi connectivity index (χ1v) is 5.75. The van der Waals surface area contributed by atoms with Crippen molar-refractivity contribution in [2.24, 2.45) is 0 Å². The lowest BCUT2D eigenvalue weighted by Gasteiger charge is -1.97. The topological polar surface area (TPSA) is 22.0 Å². The van der Waals surface area contributed by atoms with Gasteiger partial charge in [0.1, 0.15) is 9.36 Å². The minimum Gasteiger partial charge on any atom is -0.267 e. The van der Waals surface area contributed by atoms with E-state index in [1.165, 1.54) is 11.5 Å². The summed E-state index contributed by atoms with van der Waals surface area (Å²) in [5.41, 5.74) is -0.159. The smallest absolute Gasteiger partial charge is 0.267 e. The van der Waals surface area contributed by atoms with Gasteiger partial charge in [0.15, 0.2) is 0 Å². The average molecular weight is 240 g/mol. The second-order valence-corrected chi connectivity index (χ2v) is 4.80. The van der Waals surface area contributed by atoms with Gasteiger partial charge in [-0.15, -0.1) is 0 Å². The number of hydrogen-bond acceptors (Lipinski definition) is 2. The maximum Gasteiger partial charge on any atom is 0.280 e. The zero-order valence-electron chi connectivity index (χ0n) is 7.35. The van der Waals surface area contributed by atoms with Crippen LogP contribution in [0.5, 0.6) is 0 Å². The van der Waals surface area contributed by atoms with Gasteiger partial charge in [-0.25, -0.2) is 0 Å². The molecule has 1 aromatic heterocycles. The van der Waals surface area contributed by atoms with Crippen LogP contribution in [0.1, 0.15) is 26.2 Å². The summed E-state index contributed by atoms with van der Waals surface area (Å²) in [6.07, 6.45) is 3.27. The number of nitrogens with zero attached hydrogens (tertiary/aromatic N) is 1. The zero-order valence-corrected chi connectivity index (χ0v) is 9.68. The van der Waals surface area contributed by atoms with Gasteiger partial charge in [-0.2, -0.15) is 0 Å². The molecule has 5 heteroatoms. The van der Waals surface area contributed by atoms with Crippen molar-refractivity contribution in [1.82, 2.24) is 3.96 Å².